The number of hydrogen-bond donors (Lipinski definition) is 2. The van der Waals surface area contributed by atoms with Crippen LogP contribution in [0.4, 0.5) is 5.69 Å². The van der Waals surface area contributed by atoms with Crippen LogP contribution in [0.2, 0.25) is 0 Å². The molecule has 68 valence electrons. The van der Waals surface area contributed by atoms with E-state index in [0.717, 1.165) is 18.7 Å². The lowest BCUT2D eigenvalue weighted by Gasteiger charge is -2.00. The van der Waals surface area contributed by atoms with Gasteiger partial charge in [0.05, 0.1) is 0 Å². The highest BCUT2D eigenvalue weighted by molar-refractivity contribution is 7.80. The summed E-state index contributed by atoms with van der Waals surface area (Å²) in [6.45, 7) is 1.08. The molecule has 2 rings (SSSR count). The van der Waals surface area contributed by atoms with Gasteiger partial charge in [0.25, 0.3) is 0 Å². The van der Waals surface area contributed by atoms with Crippen LogP contribution >= 0.6 is 12.6 Å². The van der Waals surface area contributed by atoms with Crippen LogP contribution in [0.5, 0.6) is 0 Å². The van der Waals surface area contributed by atoms with Crippen molar-refractivity contribution in [1.29, 1.82) is 0 Å². The SMILES string of the molecule is SCC=Cc1ccc2c(c1)CCN2. The zero-order valence-corrected chi connectivity index (χ0v) is 8.35. The molecule has 13 heavy (non-hydrogen) atoms. The van der Waals surface area contributed by atoms with Crippen molar-refractivity contribution in [1.82, 2.24) is 0 Å². The third-order valence-electron chi connectivity index (χ3n) is 2.25. The van der Waals surface area contributed by atoms with Gasteiger partial charge in [0.15, 0.2) is 0 Å². The van der Waals surface area contributed by atoms with Gasteiger partial charge in [-0.2, -0.15) is 12.6 Å². The number of anilines is 1. The fourth-order valence-electron chi connectivity index (χ4n) is 1.62. The fraction of sp³-hybridized carbons (Fsp3) is 0.273. The summed E-state index contributed by atoms with van der Waals surface area (Å²) in [6, 6.07) is 6.53. The van der Waals surface area contributed by atoms with E-state index in [1.54, 1.807) is 0 Å². The van der Waals surface area contributed by atoms with Crippen molar-refractivity contribution in [2.45, 2.75) is 6.42 Å². The van der Waals surface area contributed by atoms with Gasteiger partial charge in [-0.15, -0.1) is 0 Å². The average molecular weight is 191 g/mol. The molecule has 1 aromatic rings. The Hall–Kier alpha value is -0.890. The molecule has 1 N–H and O–H groups in total. The first kappa shape index (κ1) is 8.70. The van der Waals surface area contributed by atoms with Gasteiger partial charge in [-0.05, 0) is 29.7 Å². The van der Waals surface area contributed by atoms with Crippen molar-refractivity contribution in [3.8, 4) is 0 Å². The molecule has 0 saturated heterocycles. The second-order valence-corrected chi connectivity index (χ2v) is 3.54. The van der Waals surface area contributed by atoms with Crippen molar-refractivity contribution in [2.24, 2.45) is 0 Å². The topological polar surface area (TPSA) is 12.0 Å². The Morgan fingerprint density at radius 3 is 3.23 bits per heavy atom. The van der Waals surface area contributed by atoms with Crippen LogP contribution in [0.1, 0.15) is 11.1 Å². The van der Waals surface area contributed by atoms with E-state index in [0.29, 0.717) is 0 Å². The van der Waals surface area contributed by atoms with Crippen molar-refractivity contribution in [3.63, 3.8) is 0 Å². The molecule has 0 bridgehead atoms. The Balaban J connectivity index is 2.25. The number of hydrogen-bond acceptors (Lipinski definition) is 2. The highest BCUT2D eigenvalue weighted by atomic mass is 32.1. The van der Waals surface area contributed by atoms with Gasteiger partial charge < -0.3 is 5.32 Å². The van der Waals surface area contributed by atoms with E-state index in [2.05, 4.69) is 48.3 Å². The molecule has 0 spiro atoms. The van der Waals surface area contributed by atoms with Crippen LogP contribution in [-0.2, 0) is 6.42 Å². The molecule has 1 heterocycles. The summed E-state index contributed by atoms with van der Waals surface area (Å²) < 4.78 is 0. The second-order valence-electron chi connectivity index (χ2n) is 3.18. The van der Waals surface area contributed by atoms with E-state index >= 15 is 0 Å². The molecule has 0 unspecified atom stereocenters. The molecule has 1 aliphatic heterocycles. The minimum Gasteiger partial charge on any atom is -0.384 e. The molecule has 1 aromatic carbocycles. The quantitative estimate of drug-likeness (QED) is 0.685. The Kier molecular flexibility index (Phi) is 2.60. The number of rotatable bonds is 2. The highest BCUT2D eigenvalue weighted by Gasteiger charge is 2.08. The second kappa shape index (κ2) is 3.88. The molecule has 0 aliphatic carbocycles. The normalized spacial score (nSPS) is 14.5. The van der Waals surface area contributed by atoms with Crippen LogP contribution in [0, 0.1) is 0 Å². The molecular formula is C11H13NS. The lowest BCUT2D eigenvalue weighted by atomic mass is 10.1. The molecule has 1 nitrogen and oxygen atoms in total. The van der Waals surface area contributed by atoms with Crippen molar-refractivity contribution in [2.75, 3.05) is 17.6 Å². The molecule has 0 atom stereocenters. The zero-order chi connectivity index (χ0) is 9.10. The van der Waals surface area contributed by atoms with E-state index in [-0.39, 0.29) is 0 Å². The largest absolute Gasteiger partial charge is 0.384 e. The van der Waals surface area contributed by atoms with Gasteiger partial charge in [0, 0.05) is 18.0 Å². The summed E-state index contributed by atoms with van der Waals surface area (Å²) in [5.41, 5.74) is 4.00. The van der Waals surface area contributed by atoms with E-state index < -0.39 is 0 Å². The van der Waals surface area contributed by atoms with Crippen LogP contribution in [0.3, 0.4) is 0 Å². The van der Waals surface area contributed by atoms with Gasteiger partial charge in [-0.25, -0.2) is 0 Å². The standard InChI is InChI=1S/C11H13NS/c13-7-1-2-9-3-4-11-10(8-9)5-6-12-11/h1-4,8,12-13H,5-7H2. The molecule has 0 aromatic heterocycles. The predicted octanol–water partition coefficient (Wildman–Crippen LogP) is 2.60. The molecular weight excluding hydrogens is 178 g/mol. The fourth-order valence-corrected chi connectivity index (χ4v) is 1.72. The third kappa shape index (κ3) is 1.89. The summed E-state index contributed by atoms with van der Waals surface area (Å²) in [6.07, 6.45) is 5.33. The molecule has 2 heteroatoms. The summed E-state index contributed by atoms with van der Waals surface area (Å²) in [7, 11) is 0. The average Bonchev–Trinajstić information content (AvgIpc) is 2.61. The maximum absolute atomic E-state index is 4.13. The highest BCUT2D eigenvalue weighted by Crippen LogP contribution is 2.23. The van der Waals surface area contributed by atoms with Gasteiger partial charge in [0.2, 0.25) is 0 Å². The maximum Gasteiger partial charge on any atom is 0.0373 e. The number of nitrogens with one attached hydrogen (secondary N) is 1. The van der Waals surface area contributed by atoms with E-state index in [9.17, 15) is 0 Å². The van der Waals surface area contributed by atoms with E-state index in [1.165, 1.54) is 16.8 Å². The summed E-state index contributed by atoms with van der Waals surface area (Å²) in [5.74, 6) is 0.801. The van der Waals surface area contributed by atoms with Gasteiger partial charge in [0.1, 0.15) is 0 Å². The maximum atomic E-state index is 4.13. The number of fused-ring (bicyclic) bond motifs is 1. The molecule has 1 aliphatic rings. The van der Waals surface area contributed by atoms with Crippen LogP contribution in [0.25, 0.3) is 6.08 Å². The lowest BCUT2D eigenvalue weighted by molar-refractivity contribution is 1.11. The van der Waals surface area contributed by atoms with Gasteiger partial charge in [-0.1, -0.05) is 18.2 Å². The first-order valence-electron chi connectivity index (χ1n) is 4.54. The number of benzene rings is 1. The lowest BCUT2D eigenvalue weighted by Crippen LogP contribution is -1.90. The monoisotopic (exact) mass is 191 g/mol. The van der Waals surface area contributed by atoms with E-state index in [4.69, 9.17) is 0 Å². The molecule has 0 fully saturated rings. The smallest absolute Gasteiger partial charge is 0.0373 e. The third-order valence-corrected chi connectivity index (χ3v) is 2.47. The first-order chi connectivity index (χ1) is 6.40. The van der Waals surface area contributed by atoms with Crippen molar-refractivity contribution in [3.05, 3.63) is 35.4 Å². The Labute approximate surface area is 84.3 Å². The summed E-state index contributed by atoms with van der Waals surface area (Å²) >= 11 is 4.13. The number of thiol groups is 1. The van der Waals surface area contributed by atoms with Crippen LogP contribution in [0.15, 0.2) is 24.3 Å². The Morgan fingerprint density at radius 2 is 2.38 bits per heavy atom. The van der Waals surface area contributed by atoms with Gasteiger partial charge in [-0.3, -0.25) is 0 Å². The van der Waals surface area contributed by atoms with Gasteiger partial charge >= 0.3 is 0 Å². The molecule has 0 amide bonds. The first-order valence-corrected chi connectivity index (χ1v) is 5.17. The summed E-state index contributed by atoms with van der Waals surface area (Å²) in [4.78, 5) is 0. The predicted molar refractivity (Wildman–Crippen MR) is 61.5 cm³/mol. The Morgan fingerprint density at radius 1 is 1.46 bits per heavy atom. The van der Waals surface area contributed by atoms with Crippen LogP contribution in [-0.4, -0.2) is 12.3 Å². The molecule has 0 radical (unpaired) electrons. The minimum absolute atomic E-state index is 0.801. The minimum atomic E-state index is 0.801. The molecule has 0 saturated carbocycles. The Bertz CT molecular complexity index is 331. The zero-order valence-electron chi connectivity index (χ0n) is 7.46. The van der Waals surface area contributed by atoms with Crippen LogP contribution < -0.4 is 5.32 Å². The summed E-state index contributed by atoms with van der Waals surface area (Å²) in [5, 5.41) is 3.34. The van der Waals surface area contributed by atoms with Crippen molar-refractivity contribution >= 4 is 24.4 Å². The van der Waals surface area contributed by atoms with E-state index in [1.807, 2.05) is 0 Å². The van der Waals surface area contributed by atoms with Crippen molar-refractivity contribution < 1.29 is 0 Å².